The van der Waals surface area contributed by atoms with Crippen LogP contribution in [0, 0.1) is 17.8 Å². The summed E-state index contributed by atoms with van der Waals surface area (Å²) in [7, 11) is 0. The summed E-state index contributed by atoms with van der Waals surface area (Å²) in [6.07, 6.45) is 10.6. The second kappa shape index (κ2) is 2.41. The van der Waals surface area contributed by atoms with Crippen molar-refractivity contribution in [1.82, 2.24) is 0 Å². The summed E-state index contributed by atoms with van der Waals surface area (Å²) in [6.45, 7) is 2.40. The molecule has 0 aromatic rings. The van der Waals surface area contributed by atoms with Crippen molar-refractivity contribution in [2.45, 2.75) is 32.6 Å². The highest BCUT2D eigenvalue weighted by Gasteiger charge is 2.27. The zero-order valence-corrected chi connectivity index (χ0v) is 6.72. The van der Waals surface area contributed by atoms with Crippen LogP contribution >= 0.6 is 0 Å². The smallest absolute Gasteiger partial charge is 0.00530 e. The second-order valence-electron chi connectivity index (χ2n) is 3.94. The SMILES string of the molecule is CC1CCC1CCC1C=C1. The predicted molar refractivity (Wildman–Crippen MR) is 43.8 cm³/mol. The largest absolute Gasteiger partial charge is 0.0810 e. The van der Waals surface area contributed by atoms with E-state index >= 15 is 0 Å². The molecule has 0 amide bonds. The van der Waals surface area contributed by atoms with Gasteiger partial charge in [-0.3, -0.25) is 0 Å². The average molecular weight is 136 g/mol. The monoisotopic (exact) mass is 136 g/mol. The molecule has 0 bridgehead atoms. The van der Waals surface area contributed by atoms with E-state index in [-0.39, 0.29) is 0 Å². The van der Waals surface area contributed by atoms with Crippen molar-refractivity contribution in [2.75, 3.05) is 0 Å². The number of allylic oxidation sites excluding steroid dienone is 2. The zero-order chi connectivity index (χ0) is 6.97. The normalized spacial score (nSPS) is 37.7. The lowest BCUT2D eigenvalue weighted by Crippen LogP contribution is -2.22. The first-order chi connectivity index (χ1) is 4.86. The van der Waals surface area contributed by atoms with Crippen LogP contribution in [0.2, 0.25) is 0 Å². The van der Waals surface area contributed by atoms with Gasteiger partial charge in [-0.15, -0.1) is 0 Å². The van der Waals surface area contributed by atoms with E-state index in [1.165, 1.54) is 25.7 Å². The molecule has 10 heavy (non-hydrogen) atoms. The van der Waals surface area contributed by atoms with Gasteiger partial charge < -0.3 is 0 Å². The van der Waals surface area contributed by atoms with Gasteiger partial charge in [-0.1, -0.05) is 25.5 Å². The quantitative estimate of drug-likeness (QED) is 0.523. The zero-order valence-electron chi connectivity index (χ0n) is 6.72. The third-order valence-corrected chi connectivity index (χ3v) is 3.13. The molecule has 0 heterocycles. The first-order valence-electron chi connectivity index (χ1n) is 4.54. The molecule has 2 rings (SSSR count). The molecule has 0 saturated heterocycles. The first kappa shape index (κ1) is 6.45. The summed E-state index contributed by atoms with van der Waals surface area (Å²) in [5, 5.41) is 0. The van der Waals surface area contributed by atoms with Crippen LogP contribution in [0.25, 0.3) is 0 Å². The van der Waals surface area contributed by atoms with Crippen molar-refractivity contribution < 1.29 is 0 Å². The summed E-state index contributed by atoms with van der Waals surface area (Å²) < 4.78 is 0. The first-order valence-corrected chi connectivity index (χ1v) is 4.54. The van der Waals surface area contributed by atoms with E-state index in [2.05, 4.69) is 19.1 Å². The Morgan fingerprint density at radius 2 is 2.00 bits per heavy atom. The Balaban J connectivity index is 1.60. The van der Waals surface area contributed by atoms with Crippen LogP contribution < -0.4 is 0 Å². The lowest BCUT2D eigenvalue weighted by atomic mass is 9.72. The number of rotatable bonds is 3. The molecule has 0 aromatic carbocycles. The van der Waals surface area contributed by atoms with Crippen LogP contribution in [-0.2, 0) is 0 Å². The van der Waals surface area contributed by atoms with Crippen molar-refractivity contribution in [2.24, 2.45) is 17.8 Å². The Morgan fingerprint density at radius 3 is 2.40 bits per heavy atom. The summed E-state index contributed by atoms with van der Waals surface area (Å²) in [4.78, 5) is 0. The van der Waals surface area contributed by atoms with E-state index in [4.69, 9.17) is 0 Å². The standard InChI is InChI=1S/C10H16/c1-8-2-6-10(8)7-5-9-3-4-9/h3-4,8-10H,2,5-7H2,1H3. The molecule has 1 fully saturated rings. The highest BCUT2D eigenvalue weighted by molar-refractivity contribution is 5.12. The van der Waals surface area contributed by atoms with Crippen molar-refractivity contribution in [3.05, 3.63) is 12.2 Å². The van der Waals surface area contributed by atoms with Gasteiger partial charge in [0.05, 0.1) is 0 Å². The van der Waals surface area contributed by atoms with E-state index in [9.17, 15) is 0 Å². The molecule has 0 N–H and O–H groups in total. The van der Waals surface area contributed by atoms with Crippen molar-refractivity contribution in [3.8, 4) is 0 Å². The fourth-order valence-corrected chi connectivity index (χ4v) is 1.84. The fraction of sp³-hybridized carbons (Fsp3) is 0.800. The van der Waals surface area contributed by atoms with Gasteiger partial charge in [0.1, 0.15) is 0 Å². The van der Waals surface area contributed by atoms with Crippen molar-refractivity contribution in [1.29, 1.82) is 0 Å². The lowest BCUT2D eigenvalue weighted by molar-refractivity contribution is 0.178. The maximum Gasteiger partial charge on any atom is -0.00530 e. The van der Waals surface area contributed by atoms with Crippen molar-refractivity contribution in [3.63, 3.8) is 0 Å². The van der Waals surface area contributed by atoms with E-state index < -0.39 is 0 Å². The molecule has 2 unspecified atom stereocenters. The summed E-state index contributed by atoms with van der Waals surface area (Å²) in [5.41, 5.74) is 0. The molecule has 1 saturated carbocycles. The molecule has 2 aliphatic carbocycles. The van der Waals surface area contributed by atoms with Gasteiger partial charge in [-0.05, 0) is 37.0 Å². The molecule has 2 atom stereocenters. The molecule has 0 spiro atoms. The number of hydrogen-bond donors (Lipinski definition) is 0. The van der Waals surface area contributed by atoms with E-state index in [1.54, 1.807) is 0 Å². The topological polar surface area (TPSA) is 0 Å². The second-order valence-corrected chi connectivity index (χ2v) is 3.94. The van der Waals surface area contributed by atoms with Gasteiger partial charge in [0.2, 0.25) is 0 Å². The Bertz CT molecular complexity index is 140. The maximum atomic E-state index is 2.40. The van der Waals surface area contributed by atoms with E-state index in [1.807, 2.05) is 0 Å². The third-order valence-electron chi connectivity index (χ3n) is 3.13. The van der Waals surface area contributed by atoms with Crippen molar-refractivity contribution >= 4 is 0 Å². The van der Waals surface area contributed by atoms with Gasteiger partial charge in [-0.2, -0.15) is 0 Å². The van der Waals surface area contributed by atoms with Crippen LogP contribution in [0.3, 0.4) is 0 Å². The van der Waals surface area contributed by atoms with E-state index in [0.717, 1.165) is 17.8 Å². The highest BCUT2D eigenvalue weighted by atomic mass is 14.3. The molecule has 2 aliphatic rings. The molecule has 0 heteroatoms. The lowest BCUT2D eigenvalue weighted by Gasteiger charge is -2.33. The molecule has 0 aliphatic heterocycles. The van der Waals surface area contributed by atoms with Gasteiger partial charge >= 0.3 is 0 Å². The summed E-state index contributed by atoms with van der Waals surface area (Å²) in [6, 6.07) is 0. The van der Waals surface area contributed by atoms with Gasteiger partial charge in [0.15, 0.2) is 0 Å². The minimum absolute atomic E-state index is 0.910. The van der Waals surface area contributed by atoms with Crippen LogP contribution in [0.1, 0.15) is 32.6 Å². The number of hydrogen-bond acceptors (Lipinski definition) is 0. The van der Waals surface area contributed by atoms with Gasteiger partial charge in [0, 0.05) is 0 Å². The molecular formula is C10H16. The van der Waals surface area contributed by atoms with Crippen LogP contribution in [0.4, 0.5) is 0 Å². The van der Waals surface area contributed by atoms with Crippen LogP contribution in [0.15, 0.2) is 12.2 Å². The Kier molecular flexibility index (Phi) is 1.55. The molecular weight excluding hydrogens is 120 g/mol. The third kappa shape index (κ3) is 1.25. The average Bonchev–Trinajstić information content (AvgIpc) is 2.69. The fourth-order valence-electron chi connectivity index (χ4n) is 1.84. The Hall–Kier alpha value is -0.260. The Morgan fingerprint density at radius 1 is 1.20 bits per heavy atom. The Labute approximate surface area is 63.3 Å². The minimum atomic E-state index is 0.910. The molecule has 0 aromatic heterocycles. The minimum Gasteiger partial charge on any atom is -0.0810 e. The molecule has 0 radical (unpaired) electrons. The van der Waals surface area contributed by atoms with Crippen LogP contribution in [0.5, 0.6) is 0 Å². The maximum absolute atomic E-state index is 2.40. The molecule has 56 valence electrons. The summed E-state index contributed by atoms with van der Waals surface area (Å²) in [5.74, 6) is 3.04. The van der Waals surface area contributed by atoms with Gasteiger partial charge in [0.25, 0.3) is 0 Å². The predicted octanol–water partition coefficient (Wildman–Crippen LogP) is 3.00. The van der Waals surface area contributed by atoms with Gasteiger partial charge in [-0.25, -0.2) is 0 Å². The van der Waals surface area contributed by atoms with Crippen LogP contribution in [-0.4, -0.2) is 0 Å². The highest BCUT2D eigenvalue weighted by Crippen LogP contribution is 2.39. The molecule has 0 nitrogen and oxygen atoms in total. The van der Waals surface area contributed by atoms with E-state index in [0.29, 0.717) is 0 Å². The summed E-state index contributed by atoms with van der Waals surface area (Å²) >= 11 is 0.